The highest BCUT2D eigenvalue weighted by Gasteiger charge is 2.25. The second-order valence-corrected chi connectivity index (χ2v) is 5.16. The highest BCUT2D eigenvalue weighted by atomic mass is 16.2. The molecule has 2 aliphatic rings. The summed E-state index contributed by atoms with van der Waals surface area (Å²) in [6.07, 6.45) is 5.92. The molecule has 1 saturated heterocycles. The third-order valence-electron chi connectivity index (χ3n) is 3.49. The van der Waals surface area contributed by atoms with Crippen molar-refractivity contribution in [2.24, 2.45) is 11.7 Å². The Hall–Kier alpha value is -0.610. The Kier molecular flexibility index (Phi) is 4.18. The van der Waals surface area contributed by atoms with Crippen LogP contribution in [-0.4, -0.2) is 43.0 Å². The maximum absolute atomic E-state index is 11.6. The van der Waals surface area contributed by atoms with E-state index < -0.39 is 0 Å². The van der Waals surface area contributed by atoms with E-state index in [9.17, 15) is 4.79 Å². The molecule has 0 aromatic rings. The standard InChI is InChI=1S/C12H23N3O/c13-6-5-10-2-1-7-15(8-10)9-12(16)14-11-3-4-11/h10-11H,1-9,13H2,(H,14,16). The fourth-order valence-electron chi connectivity index (χ4n) is 2.47. The average molecular weight is 225 g/mol. The van der Waals surface area contributed by atoms with Crippen molar-refractivity contribution in [1.29, 1.82) is 0 Å². The van der Waals surface area contributed by atoms with Crippen LogP contribution in [0.3, 0.4) is 0 Å². The van der Waals surface area contributed by atoms with Crippen LogP contribution in [0.15, 0.2) is 0 Å². The predicted octanol–water partition coefficient (Wildman–Crippen LogP) is 0.326. The summed E-state index contributed by atoms with van der Waals surface area (Å²) < 4.78 is 0. The van der Waals surface area contributed by atoms with Gasteiger partial charge < -0.3 is 11.1 Å². The first kappa shape index (κ1) is 11.9. The van der Waals surface area contributed by atoms with E-state index in [0.717, 1.165) is 26.1 Å². The molecule has 1 aliphatic heterocycles. The molecule has 92 valence electrons. The van der Waals surface area contributed by atoms with Crippen LogP contribution in [0.25, 0.3) is 0 Å². The average Bonchev–Trinajstić information content (AvgIpc) is 3.02. The minimum atomic E-state index is 0.205. The summed E-state index contributed by atoms with van der Waals surface area (Å²) in [4.78, 5) is 13.9. The molecule has 16 heavy (non-hydrogen) atoms. The lowest BCUT2D eigenvalue weighted by Gasteiger charge is -2.32. The van der Waals surface area contributed by atoms with Gasteiger partial charge >= 0.3 is 0 Å². The third-order valence-corrected chi connectivity index (χ3v) is 3.49. The lowest BCUT2D eigenvalue weighted by molar-refractivity contribution is -0.122. The summed E-state index contributed by atoms with van der Waals surface area (Å²) in [5.74, 6) is 0.906. The monoisotopic (exact) mass is 225 g/mol. The molecule has 1 atom stereocenters. The predicted molar refractivity (Wildman–Crippen MR) is 64.0 cm³/mol. The quantitative estimate of drug-likeness (QED) is 0.709. The van der Waals surface area contributed by atoms with E-state index in [1.807, 2.05) is 0 Å². The first-order valence-corrected chi connectivity index (χ1v) is 6.49. The van der Waals surface area contributed by atoms with Crippen LogP contribution in [-0.2, 0) is 4.79 Å². The van der Waals surface area contributed by atoms with Gasteiger partial charge in [-0.2, -0.15) is 0 Å². The molecule has 4 nitrogen and oxygen atoms in total. The van der Waals surface area contributed by atoms with Crippen molar-refractivity contribution in [3.63, 3.8) is 0 Å². The Morgan fingerprint density at radius 2 is 2.19 bits per heavy atom. The molecule has 0 spiro atoms. The molecule has 4 heteroatoms. The lowest BCUT2D eigenvalue weighted by Crippen LogP contribution is -2.43. The van der Waals surface area contributed by atoms with Crippen molar-refractivity contribution in [3.8, 4) is 0 Å². The number of carbonyl (C=O) groups is 1. The molecule has 0 bridgehead atoms. The van der Waals surface area contributed by atoms with E-state index in [2.05, 4.69) is 10.2 Å². The topological polar surface area (TPSA) is 58.4 Å². The van der Waals surface area contributed by atoms with Crippen LogP contribution >= 0.6 is 0 Å². The largest absolute Gasteiger partial charge is 0.352 e. The maximum Gasteiger partial charge on any atom is 0.234 e. The molecular formula is C12H23N3O. The second kappa shape index (κ2) is 5.64. The number of nitrogens with zero attached hydrogens (tertiary/aromatic N) is 1. The van der Waals surface area contributed by atoms with Gasteiger partial charge in [0.1, 0.15) is 0 Å². The summed E-state index contributed by atoms with van der Waals surface area (Å²) in [5, 5.41) is 3.04. The van der Waals surface area contributed by atoms with Crippen molar-refractivity contribution in [2.45, 2.75) is 38.1 Å². The number of nitrogens with one attached hydrogen (secondary N) is 1. The zero-order chi connectivity index (χ0) is 11.4. The summed E-state index contributed by atoms with van der Waals surface area (Å²) in [6, 6.07) is 0.483. The number of hydrogen-bond donors (Lipinski definition) is 2. The summed E-state index contributed by atoms with van der Waals surface area (Å²) in [7, 11) is 0. The number of amides is 1. The van der Waals surface area contributed by atoms with Gasteiger partial charge in [-0.05, 0) is 51.1 Å². The zero-order valence-corrected chi connectivity index (χ0v) is 9.95. The Morgan fingerprint density at radius 1 is 1.38 bits per heavy atom. The molecule has 0 radical (unpaired) electrons. The number of nitrogens with two attached hydrogens (primary N) is 1. The molecule has 2 fully saturated rings. The van der Waals surface area contributed by atoms with Crippen molar-refractivity contribution in [3.05, 3.63) is 0 Å². The van der Waals surface area contributed by atoms with Gasteiger partial charge in [0.15, 0.2) is 0 Å². The Balaban J connectivity index is 1.69. The molecule has 1 heterocycles. The van der Waals surface area contributed by atoms with Gasteiger partial charge in [0.2, 0.25) is 5.91 Å². The van der Waals surface area contributed by atoms with E-state index in [1.165, 1.54) is 25.7 Å². The van der Waals surface area contributed by atoms with Crippen molar-refractivity contribution in [2.75, 3.05) is 26.2 Å². The molecular weight excluding hydrogens is 202 g/mol. The number of rotatable bonds is 5. The first-order valence-electron chi connectivity index (χ1n) is 6.49. The van der Waals surface area contributed by atoms with E-state index in [1.54, 1.807) is 0 Å². The Labute approximate surface area is 97.6 Å². The Bertz CT molecular complexity index is 238. The van der Waals surface area contributed by atoms with Gasteiger partial charge in [0.25, 0.3) is 0 Å². The van der Waals surface area contributed by atoms with Crippen molar-refractivity contribution in [1.82, 2.24) is 10.2 Å². The van der Waals surface area contributed by atoms with E-state index >= 15 is 0 Å². The highest BCUT2D eigenvalue weighted by molar-refractivity contribution is 5.78. The minimum Gasteiger partial charge on any atom is -0.352 e. The third kappa shape index (κ3) is 3.76. The molecule has 0 aromatic carbocycles. The van der Waals surface area contributed by atoms with Crippen LogP contribution in [0.1, 0.15) is 32.1 Å². The van der Waals surface area contributed by atoms with Gasteiger partial charge in [-0.25, -0.2) is 0 Å². The van der Waals surface area contributed by atoms with Gasteiger partial charge in [-0.15, -0.1) is 0 Å². The SMILES string of the molecule is NCCC1CCCN(CC(=O)NC2CC2)C1. The van der Waals surface area contributed by atoms with Crippen LogP contribution in [0.2, 0.25) is 0 Å². The van der Waals surface area contributed by atoms with Gasteiger partial charge in [-0.3, -0.25) is 9.69 Å². The number of carbonyl (C=O) groups excluding carboxylic acids is 1. The van der Waals surface area contributed by atoms with Gasteiger partial charge in [0.05, 0.1) is 6.54 Å². The van der Waals surface area contributed by atoms with Gasteiger partial charge in [-0.1, -0.05) is 0 Å². The van der Waals surface area contributed by atoms with Crippen LogP contribution < -0.4 is 11.1 Å². The fourth-order valence-corrected chi connectivity index (χ4v) is 2.47. The normalized spacial score (nSPS) is 26.7. The molecule has 0 aromatic heterocycles. The Morgan fingerprint density at radius 3 is 2.88 bits per heavy atom. The summed E-state index contributed by atoms with van der Waals surface area (Å²) in [5.41, 5.74) is 5.58. The molecule has 1 amide bonds. The molecule has 1 aliphatic carbocycles. The van der Waals surface area contributed by atoms with Crippen LogP contribution in [0.5, 0.6) is 0 Å². The summed E-state index contributed by atoms with van der Waals surface area (Å²) in [6.45, 7) is 3.47. The number of piperidine rings is 1. The lowest BCUT2D eigenvalue weighted by atomic mass is 9.95. The zero-order valence-electron chi connectivity index (χ0n) is 9.95. The van der Waals surface area contributed by atoms with Gasteiger partial charge in [0, 0.05) is 12.6 Å². The first-order chi connectivity index (χ1) is 7.78. The fraction of sp³-hybridized carbons (Fsp3) is 0.917. The highest BCUT2D eigenvalue weighted by Crippen LogP contribution is 2.20. The molecule has 1 saturated carbocycles. The molecule has 2 rings (SSSR count). The molecule has 1 unspecified atom stereocenters. The molecule has 3 N–H and O–H groups in total. The van der Waals surface area contributed by atoms with Crippen molar-refractivity contribution < 1.29 is 4.79 Å². The smallest absolute Gasteiger partial charge is 0.234 e. The van der Waals surface area contributed by atoms with Crippen LogP contribution in [0, 0.1) is 5.92 Å². The maximum atomic E-state index is 11.6. The number of likely N-dealkylation sites (tertiary alicyclic amines) is 1. The van der Waals surface area contributed by atoms with Crippen molar-refractivity contribution >= 4 is 5.91 Å². The minimum absolute atomic E-state index is 0.205. The number of hydrogen-bond acceptors (Lipinski definition) is 3. The van der Waals surface area contributed by atoms with E-state index in [0.29, 0.717) is 18.5 Å². The van der Waals surface area contributed by atoms with E-state index in [-0.39, 0.29) is 5.91 Å². The van der Waals surface area contributed by atoms with E-state index in [4.69, 9.17) is 5.73 Å². The summed E-state index contributed by atoms with van der Waals surface area (Å²) >= 11 is 0. The second-order valence-electron chi connectivity index (χ2n) is 5.16. The van der Waals surface area contributed by atoms with Crippen LogP contribution in [0.4, 0.5) is 0 Å².